The molecule has 0 aliphatic rings. The highest BCUT2D eigenvalue weighted by Crippen LogP contribution is 2.03. The molecule has 0 fully saturated rings. The molecule has 0 spiro atoms. The summed E-state index contributed by atoms with van der Waals surface area (Å²) in [4.78, 5) is 2.30. The van der Waals surface area contributed by atoms with Crippen LogP contribution in [-0.4, -0.2) is 38.1 Å². The first kappa shape index (κ1) is 15.1. The van der Waals surface area contributed by atoms with Gasteiger partial charge in [0, 0.05) is 19.6 Å². The molecule has 0 saturated heterocycles. The van der Waals surface area contributed by atoms with Gasteiger partial charge in [0.25, 0.3) is 0 Å². The van der Waals surface area contributed by atoms with Crippen molar-refractivity contribution in [1.82, 2.24) is 10.2 Å². The van der Waals surface area contributed by atoms with Gasteiger partial charge in [0.2, 0.25) is 0 Å². The van der Waals surface area contributed by atoms with Gasteiger partial charge in [-0.05, 0) is 43.6 Å². The molecule has 1 aromatic rings. The minimum atomic E-state index is -0.162. The van der Waals surface area contributed by atoms with Crippen molar-refractivity contribution >= 4 is 0 Å². The molecular weight excluding hydrogens is 227 g/mol. The van der Waals surface area contributed by atoms with Crippen LogP contribution in [0.15, 0.2) is 24.3 Å². The van der Waals surface area contributed by atoms with E-state index in [0.29, 0.717) is 5.92 Å². The molecule has 0 amide bonds. The van der Waals surface area contributed by atoms with E-state index in [1.165, 1.54) is 17.7 Å². The summed E-state index contributed by atoms with van der Waals surface area (Å²) in [5.41, 5.74) is 1.19. The highest BCUT2D eigenvalue weighted by atomic mass is 19.1. The zero-order valence-electron chi connectivity index (χ0n) is 11.7. The fraction of sp³-hybridized carbons (Fsp3) is 0.600. The van der Waals surface area contributed by atoms with Crippen LogP contribution in [0.3, 0.4) is 0 Å². The van der Waals surface area contributed by atoms with Gasteiger partial charge in [-0.25, -0.2) is 4.39 Å². The summed E-state index contributed by atoms with van der Waals surface area (Å²) < 4.78 is 12.7. The second kappa shape index (κ2) is 8.22. The third kappa shape index (κ3) is 6.72. The molecule has 2 nitrogen and oxygen atoms in total. The van der Waals surface area contributed by atoms with Crippen LogP contribution in [0.1, 0.15) is 19.4 Å². The van der Waals surface area contributed by atoms with E-state index >= 15 is 0 Å². The summed E-state index contributed by atoms with van der Waals surface area (Å²) in [7, 11) is 2.13. The second-order valence-electron chi connectivity index (χ2n) is 5.28. The molecule has 3 heteroatoms. The van der Waals surface area contributed by atoms with Gasteiger partial charge in [0.15, 0.2) is 0 Å². The van der Waals surface area contributed by atoms with Crippen LogP contribution in [0.5, 0.6) is 0 Å². The average molecular weight is 252 g/mol. The predicted molar refractivity (Wildman–Crippen MR) is 75.3 cm³/mol. The molecule has 1 rings (SSSR count). The third-order valence-electron chi connectivity index (χ3n) is 2.92. The first-order chi connectivity index (χ1) is 8.58. The summed E-state index contributed by atoms with van der Waals surface area (Å²) in [5, 5.41) is 3.43. The largest absolute Gasteiger partial charge is 0.315 e. The van der Waals surface area contributed by atoms with Crippen molar-refractivity contribution in [3.8, 4) is 0 Å². The van der Waals surface area contributed by atoms with Gasteiger partial charge in [-0.3, -0.25) is 0 Å². The van der Waals surface area contributed by atoms with Crippen molar-refractivity contribution in [3.63, 3.8) is 0 Å². The lowest BCUT2D eigenvalue weighted by Crippen LogP contribution is -2.32. The molecule has 0 aliphatic carbocycles. The molecule has 1 aromatic carbocycles. The van der Waals surface area contributed by atoms with Gasteiger partial charge in [0.1, 0.15) is 5.82 Å². The normalized spacial score (nSPS) is 11.4. The number of halogens is 1. The Kier molecular flexibility index (Phi) is 6.91. The summed E-state index contributed by atoms with van der Waals surface area (Å²) in [6.45, 7) is 8.59. The maximum Gasteiger partial charge on any atom is 0.123 e. The van der Waals surface area contributed by atoms with Crippen LogP contribution in [-0.2, 0) is 6.42 Å². The van der Waals surface area contributed by atoms with E-state index in [-0.39, 0.29) is 5.82 Å². The lowest BCUT2D eigenvalue weighted by atomic mass is 10.1. The smallest absolute Gasteiger partial charge is 0.123 e. The number of hydrogen-bond acceptors (Lipinski definition) is 2. The van der Waals surface area contributed by atoms with E-state index in [2.05, 4.69) is 31.1 Å². The van der Waals surface area contributed by atoms with E-state index in [4.69, 9.17) is 0 Å². The number of benzene rings is 1. The Bertz CT molecular complexity index is 322. The molecule has 0 aromatic heterocycles. The number of nitrogens with one attached hydrogen (secondary N) is 1. The first-order valence-electron chi connectivity index (χ1n) is 6.71. The molecule has 102 valence electrons. The third-order valence-corrected chi connectivity index (χ3v) is 2.92. The molecule has 0 aliphatic heterocycles. The van der Waals surface area contributed by atoms with E-state index in [1.807, 2.05) is 12.1 Å². The monoisotopic (exact) mass is 252 g/mol. The van der Waals surface area contributed by atoms with Crippen molar-refractivity contribution in [3.05, 3.63) is 35.6 Å². The Morgan fingerprint density at radius 2 is 1.83 bits per heavy atom. The first-order valence-corrected chi connectivity index (χ1v) is 6.71. The van der Waals surface area contributed by atoms with Crippen molar-refractivity contribution in [2.24, 2.45) is 5.92 Å². The fourth-order valence-corrected chi connectivity index (χ4v) is 1.74. The van der Waals surface area contributed by atoms with Crippen molar-refractivity contribution in [1.29, 1.82) is 0 Å². The van der Waals surface area contributed by atoms with Crippen LogP contribution in [0.25, 0.3) is 0 Å². The van der Waals surface area contributed by atoms with Gasteiger partial charge in [-0.2, -0.15) is 0 Å². The zero-order valence-corrected chi connectivity index (χ0v) is 11.7. The van der Waals surface area contributed by atoms with Crippen molar-refractivity contribution in [2.75, 3.05) is 33.2 Å². The Morgan fingerprint density at radius 3 is 2.44 bits per heavy atom. The molecule has 0 atom stereocenters. The van der Waals surface area contributed by atoms with Crippen LogP contribution < -0.4 is 5.32 Å². The standard InChI is InChI=1S/C15H25FN2/c1-13(2)12-17-9-11-18(3)10-8-14-4-6-15(16)7-5-14/h4-7,13,17H,8-12H2,1-3H3. The molecule has 0 unspecified atom stereocenters. The maximum absolute atomic E-state index is 12.7. The molecule has 18 heavy (non-hydrogen) atoms. The minimum Gasteiger partial charge on any atom is -0.315 e. The number of hydrogen-bond donors (Lipinski definition) is 1. The lowest BCUT2D eigenvalue weighted by molar-refractivity contribution is 0.332. The SMILES string of the molecule is CC(C)CNCCN(C)CCc1ccc(F)cc1. The topological polar surface area (TPSA) is 15.3 Å². The molecule has 0 radical (unpaired) electrons. The van der Waals surface area contributed by atoms with Crippen molar-refractivity contribution in [2.45, 2.75) is 20.3 Å². The maximum atomic E-state index is 12.7. The van der Waals surface area contributed by atoms with E-state index in [9.17, 15) is 4.39 Å². The summed E-state index contributed by atoms with van der Waals surface area (Å²) in [6.07, 6.45) is 0.973. The van der Waals surface area contributed by atoms with Crippen LogP contribution in [0.2, 0.25) is 0 Å². The number of nitrogens with zero attached hydrogens (tertiary/aromatic N) is 1. The lowest BCUT2D eigenvalue weighted by Gasteiger charge is -2.17. The number of likely N-dealkylation sites (N-methyl/N-ethyl adjacent to an activating group) is 1. The molecule has 0 heterocycles. The van der Waals surface area contributed by atoms with E-state index < -0.39 is 0 Å². The number of rotatable bonds is 8. The second-order valence-corrected chi connectivity index (χ2v) is 5.28. The Labute approximate surface area is 110 Å². The minimum absolute atomic E-state index is 0.162. The van der Waals surface area contributed by atoms with Crippen LogP contribution in [0.4, 0.5) is 4.39 Å². The quantitative estimate of drug-likeness (QED) is 0.715. The zero-order chi connectivity index (χ0) is 13.4. The Balaban J connectivity index is 2.13. The summed E-state index contributed by atoms with van der Waals surface area (Å²) >= 11 is 0. The molecule has 0 saturated carbocycles. The van der Waals surface area contributed by atoms with E-state index in [0.717, 1.165) is 32.6 Å². The fourth-order valence-electron chi connectivity index (χ4n) is 1.74. The van der Waals surface area contributed by atoms with Crippen LogP contribution in [0, 0.1) is 11.7 Å². The average Bonchev–Trinajstić information content (AvgIpc) is 2.34. The summed E-state index contributed by atoms with van der Waals surface area (Å²) in [5.74, 6) is 0.541. The Hall–Kier alpha value is -0.930. The van der Waals surface area contributed by atoms with Crippen LogP contribution >= 0.6 is 0 Å². The van der Waals surface area contributed by atoms with Gasteiger partial charge < -0.3 is 10.2 Å². The molecular formula is C15H25FN2. The highest BCUT2D eigenvalue weighted by molar-refractivity contribution is 5.16. The Morgan fingerprint density at radius 1 is 1.17 bits per heavy atom. The molecule has 1 N–H and O–H groups in total. The van der Waals surface area contributed by atoms with Gasteiger partial charge >= 0.3 is 0 Å². The van der Waals surface area contributed by atoms with Crippen molar-refractivity contribution < 1.29 is 4.39 Å². The molecule has 0 bridgehead atoms. The van der Waals surface area contributed by atoms with E-state index in [1.54, 1.807) is 0 Å². The summed E-state index contributed by atoms with van der Waals surface area (Å²) in [6, 6.07) is 6.78. The van der Waals surface area contributed by atoms with Gasteiger partial charge in [-0.15, -0.1) is 0 Å². The van der Waals surface area contributed by atoms with Gasteiger partial charge in [0.05, 0.1) is 0 Å². The predicted octanol–water partition coefficient (Wildman–Crippen LogP) is 2.55. The van der Waals surface area contributed by atoms with Gasteiger partial charge in [-0.1, -0.05) is 26.0 Å². The highest BCUT2D eigenvalue weighted by Gasteiger charge is 2.00.